The van der Waals surface area contributed by atoms with Gasteiger partial charge in [-0.15, -0.1) is 0 Å². The zero-order chi connectivity index (χ0) is 15.8. The highest BCUT2D eigenvalue weighted by molar-refractivity contribution is 8.00. The molecule has 1 aliphatic rings. The van der Waals surface area contributed by atoms with Gasteiger partial charge in [0.05, 0.1) is 6.54 Å². The number of nitrogens with zero attached hydrogens (tertiary/aromatic N) is 1. The molecule has 0 aliphatic carbocycles. The van der Waals surface area contributed by atoms with Crippen LogP contribution in [0.5, 0.6) is 0 Å². The van der Waals surface area contributed by atoms with Gasteiger partial charge in [-0.25, -0.2) is 4.99 Å². The lowest BCUT2D eigenvalue weighted by Crippen LogP contribution is -2.40. The molecule has 0 spiro atoms. The van der Waals surface area contributed by atoms with Crippen LogP contribution in [0.2, 0.25) is 0 Å². The maximum Gasteiger partial charge on any atom is 0.248 e. The zero-order valence-corrected chi connectivity index (χ0v) is 13.8. The van der Waals surface area contributed by atoms with E-state index in [-0.39, 0.29) is 0 Å². The molecule has 0 saturated carbocycles. The lowest BCUT2D eigenvalue weighted by molar-refractivity contribution is 0.100. The van der Waals surface area contributed by atoms with Crippen molar-refractivity contribution in [1.82, 2.24) is 10.6 Å². The Labute approximate surface area is 136 Å². The fourth-order valence-corrected chi connectivity index (χ4v) is 3.50. The molecule has 1 atom stereocenters. The van der Waals surface area contributed by atoms with Gasteiger partial charge < -0.3 is 16.4 Å². The first-order valence-electron chi connectivity index (χ1n) is 7.71. The number of primary amides is 1. The minimum atomic E-state index is -0.404. The van der Waals surface area contributed by atoms with Gasteiger partial charge >= 0.3 is 0 Å². The molecular weight excluding hydrogens is 296 g/mol. The summed E-state index contributed by atoms with van der Waals surface area (Å²) in [6.07, 6.45) is 2.60. The molecule has 1 amide bonds. The van der Waals surface area contributed by atoms with Crippen molar-refractivity contribution in [3.63, 3.8) is 0 Å². The van der Waals surface area contributed by atoms with Crippen LogP contribution in [0.25, 0.3) is 0 Å². The molecule has 1 heterocycles. The van der Waals surface area contributed by atoms with E-state index in [2.05, 4.69) is 22.5 Å². The number of carbonyl (C=O) groups is 1. The standard InChI is InChI=1S/C16H24N4OS/c1-2-18-16(20-11-14-4-3-9-22-14)19-10-12-5-7-13(8-6-12)15(17)21/h5-8,14H,2-4,9-11H2,1H3,(H2,17,21)(H2,18,19,20). The van der Waals surface area contributed by atoms with Crippen LogP contribution in [0.3, 0.4) is 0 Å². The first-order chi connectivity index (χ1) is 10.7. The average Bonchev–Trinajstić information content (AvgIpc) is 3.04. The van der Waals surface area contributed by atoms with Crippen LogP contribution in [-0.4, -0.2) is 36.0 Å². The first kappa shape index (κ1) is 16.7. The maximum atomic E-state index is 11.0. The van der Waals surface area contributed by atoms with E-state index in [0.717, 1.165) is 24.6 Å². The molecular formula is C16H24N4OS. The molecule has 1 fully saturated rings. The number of amides is 1. The van der Waals surface area contributed by atoms with Crippen LogP contribution in [0.4, 0.5) is 0 Å². The Morgan fingerprint density at radius 1 is 1.36 bits per heavy atom. The van der Waals surface area contributed by atoms with E-state index in [1.54, 1.807) is 12.1 Å². The zero-order valence-electron chi connectivity index (χ0n) is 13.0. The van der Waals surface area contributed by atoms with E-state index >= 15 is 0 Å². The minimum absolute atomic E-state index is 0.404. The number of nitrogens with two attached hydrogens (primary N) is 1. The predicted octanol–water partition coefficient (Wildman–Crippen LogP) is 1.74. The number of carbonyl (C=O) groups excluding carboxylic acids is 1. The van der Waals surface area contributed by atoms with Gasteiger partial charge in [-0.05, 0) is 43.2 Å². The maximum absolute atomic E-state index is 11.0. The number of benzene rings is 1. The molecule has 1 aromatic rings. The summed E-state index contributed by atoms with van der Waals surface area (Å²) < 4.78 is 0. The summed E-state index contributed by atoms with van der Waals surface area (Å²) in [5.41, 5.74) is 6.81. The average molecular weight is 320 g/mol. The molecule has 5 nitrogen and oxygen atoms in total. The lowest BCUT2D eigenvalue weighted by atomic mass is 10.1. The third-order valence-electron chi connectivity index (χ3n) is 3.52. The monoisotopic (exact) mass is 320 g/mol. The van der Waals surface area contributed by atoms with E-state index in [1.807, 2.05) is 23.9 Å². The Hall–Kier alpha value is -1.69. The van der Waals surface area contributed by atoms with Crippen LogP contribution < -0.4 is 16.4 Å². The van der Waals surface area contributed by atoms with Gasteiger partial charge in [0.25, 0.3) is 0 Å². The van der Waals surface area contributed by atoms with Crippen LogP contribution in [0, 0.1) is 0 Å². The number of hydrogen-bond donors (Lipinski definition) is 3. The third kappa shape index (κ3) is 5.26. The summed E-state index contributed by atoms with van der Waals surface area (Å²) in [5.74, 6) is 1.71. The second-order valence-electron chi connectivity index (χ2n) is 5.27. The van der Waals surface area contributed by atoms with E-state index < -0.39 is 5.91 Å². The fraction of sp³-hybridized carbons (Fsp3) is 0.500. The molecule has 1 saturated heterocycles. The Morgan fingerprint density at radius 2 is 2.14 bits per heavy atom. The van der Waals surface area contributed by atoms with Gasteiger partial charge in [0.2, 0.25) is 5.91 Å². The normalized spacial score (nSPS) is 18.2. The highest BCUT2D eigenvalue weighted by Gasteiger charge is 2.15. The van der Waals surface area contributed by atoms with Crippen molar-refractivity contribution in [1.29, 1.82) is 0 Å². The van der Waals surface area contributed by atoms with Gasteiger partial charge in [-0.3, -0.25) is 4.79 Å². The summed E-state index contributed by atoms with van der Waals surface area (Å²) in [6.45, 7) is 4.43. The molecule has 22 heavy (non-hydrogen) atoms. The molecule has 4 N–H and O–H groups in total. The summed E-state index contributed by atoms with van der Waals surface area (Å²) in [4.78, 5) is 15.6. The van der Waals surface area contributed by atoms with Crippen LogP contribution in [0.15, 0.2) is 29.3 Å². The molecule has 2 rings (SSSR count). The topological polar surface area (TPSA) is 79.5 Å². The minimum Gasteiger partial charge on any atom is -0.366 e. The van der Waals surface area contributed by atoms with Crippen molar-refractivity contribution in [2.24, 2.45) is 10.7 Å². The molecule has 1 unspecified atom stereocenters. The summed E-state index contributed by atoms with van der Waals surface area (Å²) in [6, 6.07) is 7.26. The summed E-state index contributed by atoms with van der Waals surface area (Å²) >= 11 is 2.03. The highest BCUT2D eigenvalue weighted by atomic mass is 32.2. The Morgan fingerprint density at radius 3 is 2.73 bits per heavy atom. The van der Waals surface area contributed by atoms with E-state index in [4.69, 9.17) is 5.73 Å². The first-order valence-corrected chi connectivity index (χ1v) is 8.76. The van der Waals surface area contributed by atoms with Crippen molar-refractivity contribution in [2.45, 2.75) is 31.6 Å². The van der Waals surface area contributed by atoms with Crippen LogP contribution >= 0.6 is 11.8 Å². The number of hydrogen-bond acceptors (Lipinski definition) is 3. The lowest BCUT2D eigenvalue weighted by Gasteiger charge is -2.14. The molecule has 1 aliphatic heterocycles. The van der Waals surface area contributed by atoms with Crippen molar-refractivity contribution >= 4 is 23.6 Å². The molecule has 0 radical (unpaired) electrons. The second-order valence-corrected chi connectivity index (χ2v) is 6.68. The Kier molecular flexibility index (Phi) is 6.58. The third-order valence-corrected chi connectivity index (χ3v) is 4.92. The van der Waals surface area contributed by atoms with Crippen molar-refractivity contribution in [3.05, 3.63) is 35.4 Å². The summed E-state index contributed by atoms with van der Waals surface area (Å²) in [5, 5.41) is 7.36. The molecule has 0 bridgehead atoms. The van der Waals surface area contributed by atoms with Crippen LogP contribution in [0.1, 0.15) is 35.7 Å². The summed E-state index contributed by atoms with van der Waals surface area (Å²) in [7, 11) is 0. The Bertz CT molecular complexity index is 509. The quantitative estimate of drug-likeness (QED) is 0.551. The smallest absolute Gasteiger partial charge is 0.248 e. The van der Waals surface area contributed by atoms with Gasteiger partial charge in [0.15, 0.2) is 5.96 Å². The van der Waals surface area contributed by atoms with Crippen molar-refractivity contribution in [3.8, 4) is 0 Å². The Balaban J connectivity index is 1.89. The van der Waals surface area contributed by atoms with Gasteiger partial charge in [0.1, 0.15) is 0 Å². The molecule has 120 valence electrons. The van der Waals surface area contributed by atoms with Crippen LogP contribution in [-0.2, 0) is 6.54 Å². The van der Waals surface area contributed by atoms with E-state index in [1.165, 1.54) is 18.6 Å². The number of nitrogens with one attached hydrogen (secondary N) is 2. The number of rotatable bonds is 6. The predicted molar refractivity (Wildman–Crippen MR) is 93.3 cm³/mol. The van der Waals surface area contributed by atoms with Gasteiger partial charge in [-0.2, -0.15) is 11.8 Å². The SMILES string of the molecule is CCNC(=NCc1ccc(C(N)=O)cc1)NCC1CCCS1. The van der Waals surface area contributed by atoms with Gasteiger partial charge in [0, 0.05) is 23.9 Å². The molecule has 0 aromatic heterocycles. The largest absolute Gasteiger partial charge is 0.366 e. The molecule has 6 heteroatoms. The number of thioether (sulfide) groups is 1. The van der Waals surface area contributed by atoms with E-state index in [9.17, 15) is 4.79 Å². The fourth-order valence-electron chi connectivity index (χ4n) is 2.30. The van der Waals surface area contributed by atoms with Gasteiger partial charge in [-0.1, -0.05) is 12.1 Å². The number of guanidine groups is 1. The second kappa shape index (κ2) is 8.68. The molecule has 1 aromatic carbocycles. The highest BCUT2D eigenvalue weighted by Crippen LogP contribution is 2.25. The number of aliphatic imine (C=N–C) groups is 1. The van der Waals surface area contributed by atoms with Crippen molar-refractivity contribution in [2.75, 3.05) is 18.8 Å². The van der Waals surface area contributed by atoms with Crippen molar-refractivity contribution < 1.29 is 4.79 Å². The van der Waals surface area contributed by atoms with E-state index in [0.29, 0.717) is 17.4 Å².